The Labute approximate surface area is 84.3 Å². The molecule has 0 heteroatoms. The van der Waals surface area contributed by atoms with Crippen molar-refractivity contribution in [2.75, 3.05) is 0 Å². The first-order chi connectivity index (χ1) is 6.95. The standard InChI is InChI=1S/C14H12/c1-2-4-6-8-12-10-14(12)13-9-11(13)7-5-3-1/h1-8H,9-10H2/b2-1-,3-1?,4-2?,5-3-,6-4-,7-5?,8-6?,11-7-,12-8-,14-13-. The molecule has 0 spiro atoms. The highest BCUT2D eigenvalue weighted by Crippen LogP contribution is 2.51. The fraction of sp³-hybridized carbons (Fsp3) is 0.143. The maximum absolute atomic E-state index is 2.23. The average Bonchev–Trinajstić information content (AvgIpc) is 3.00. The lowest BCUT2D eigenvalue weighted by molar-refractivity contribution is 1.62. The van der Waals surface area contributed by atoms with Crippen LogP contribution >= 0.6 is 0 Å². The maximum atomic E-state index is 2.23. The van der Waals surface area contributed by atoms with Crippen LogP contribution in [0.2, 0.25) is 0 Å². The monoisotopic (exact) mass is 180 g/mol. The fourth-order valence-electron chi connectivity index (χ4n) is 1.81. The molecule has 0 N–H and O–H groups in total. The van der Waals surface area contributed by atoms with Gasteiger partial charge >= 0.3 is 0 Å². The summed E-state index contributed by atoms with van der Waals surface area (Å²) in [6, 6.07) is 0. The lowest BCUT2D eigenvalue weighted by Crippen LogP contribution is -1.55. The van der Waals surface area contributed by atoms with Gasteiger partial charge in [-0.15, -0.1) is 0 Å². The molecule has 2 saturated carbocycles. The van der Waals surface area contributed by atoms with Crippen LogP contribution in [0, 0.1) is 0 Å². The molecular weight excluding hydrogens is 168 g/mol. The maximum Gasteiger partial charge on any atom is -0.00170 e. The molecule has 0 nitrogen and oxygen atoms in total. The van der Waals surface area contributed by atoms with E-state index in [9.17, 15) is 0 Å². The molecule has 0 atom stereocenters. The Morgan fingerprint density at radius 3 is 1.50 bits per heavy atom. The third kappa shape index (κ3) is 1.44. The van der Waals surface area contributed by atoms with E-state index >= 15 is 0 Å². The molecule has 14 heavy (non-hydrogen) atoms. The number of allylic oxidation sites excluding steroid dienone is 12. The van der Waals surface area contributed by atoms with Crippen LogP contribution in [0.4, 0.5) is 0 Å². The molecule has 0 aromatic carbocycles. The molecule has 0 unspecified atom stereocenters. The Balaban J connectivity index is 1.97. The van der Waals surface area contributed by atoms with Crippen LogP contribution in [0.5, 0.6) is 0 Å². The zero-order chi connectivity index (χ0) is 9.38. The van der Waals surface area contributed by atoms with E-state index in [2.05, 4.69) is 48.6 Å². The molecule has 0 aromatic heterocycles. The second-order valence-corrected chi connectivity index (χ2v) is 3.85. The first kappa shape index (κ1) is 7.81. The van der Waals surface area contributed by atoms with Crippen LogP contribution in [0.1, 0.15) is 12.8 Å². The van der Waals surface area contributed by atoms with E-state index in [0.29, 0.717) is 0 Å². The third-order valence-corrected chi connectivity index (χ3v) is 2.77. The molecule has 3 rings (SSSR count). The molecule has 0 radical (unpaired) electrons. The average molecular weight is 180 g/mol. The largest absolute Gasteiger partial charge is 0.0623 e. The Morgan fingerprint density at radius 2 is 1.00 bits per heavy atom. The number of fused-ring (bicyclic) bond motifs is 2. The second-order valence-electron chi connectivity index (χ2n) is 3.85. The van der Waals surface area contributed by atoms with Gasteiger partial charge in [0.1, 0.15) is 0 Å². The molecule has 3 aliphatic rings. The minimum Gasteiger partial charge on any atom is -0.0623 e. The van der Waals surface area contributed by atoms with Crippen LogP contribution < -0.4 is 0 Å². The molecular formula is C14H12. The van der Waals surface area contributed by atoms with Gasteiger partial charge < -0.3 is 0 Å². The van der Waals surface area contributed by atoms with Gasteiger partial charge in [0.2, 0.25) is 0 Å². The lowest BCUT2D eigenvalue weighted by atomic mass is 10.3. The molecule has 68 valence electrons. The van der Waals surface area contributed by atoms with E-state index in [1.807, 2.05) is 0 Å². The van der Waals surface area contributed by atoms with E-state index in [-0.39, 0.29) is 0 Å². The van der Waals surface area contributed by atoms with E-state index < -0.39 is 0 Å². The lowest BCUT2D eigenvalue weighted by Gasteiger charge is -1.76. The number of rotatable bonds is 0. The molecule has 3 aliphatic carbocycles. The zero-order valence-electron chi connectivity index (χ0n) is 8.03. The summed E-state index contributed by atoms with van der Waals surface area (Å²) in [5.74, 6) is 0. The van der Waals surface area contributed by atoms with Crippen molar-refractivity contribution in [3.8, 4) is 0 Å². The van der Waals surface area contributed by atoms with Gasteiger partial charge in [0.25, 0.3) is 0 Å². The van der Waals surface area contributed by atoms with Crippen LogP contribution in [-0.2, 0) is 0 Å². The number of hydrogen-bond acceptors (Lipinski definition) is 0. The predicted molar refractivity (Wildman–Crippen MR) is 59.8 cm³/mol. The highest BCUT2D eigenvalue weighted by Gasteiger charge is 2.33. The normalized spacial score (nSPS) is 42.3. The van der Waals surface area contributed by atoms with Gasteiger partial charge in [0.15, 0.2) is 0 Å². The van der Waals surface area contributed by atoms with Crippen molar-refractivity contribution in [1.29, 1.82) is 0 Å². The summed E-state index contributed by atoms with van der Waals surface area (Å²) in [5.41, 5.74) is 6.24. The second kappa shape index (κ2) is 2.98. The van der Waals surface area contributed by atoms with Gasteiger partial charge in [-0.05, 0) is 35.1 Å². The Kier molecular flexibility index (Phi) is 1.66. The molecule has 0 aliphatic heterocycles. The minimum absolute atomic E-state index is 1.21. The molecule has 0 amide bonds. The van der Waals surface area contributed by atoms with E-state index in [1.54, 1.807) is 11.1 Å². The van der Waals surface area contributed by atoms with Gasteiger partial charge in [-0.25, -0.2) is 0 Å². The quantitative estimate of drug-likeness (QED) is 0.534. The smallest absolute Gasteiger partial charge is 0.00170 e. The summed E-state index contributed by atoms with van der Waals surface area (Å²) in [6.45, 7) is 0. The first-order valence-electron chi connectivity index (χ1n) is 5.07. The third-order valence-electron chi connectivity index (χ3n) is 2.77. The molecule has 0 bridgehead atoms. The summed E-state index contributed by atoms with van der Waals surface area (Å²) in [5, 5.41) is 0. The summed E-state index contributed by atoms with van der Waals surface area (Å²) in [7, 11) is 0. The van der Waals surface area contributed by atoms with Crippen LogP contribution in [-0.4, -0.2) is 0 Å². The van der Waals surface area contributed by atoms with Crippen LogP contribution in [0.15, 0.2) is 70.9 Å². The summed E-state index contributed by atoms with van der Waals surface area (Å²) in [4.78, 5) is 0. The van der Waals surface area contributed by atoms with Crippen LogP contribution in [0.3, 0.4) is 0 Å². The summed E-state index contributed by atoms with van der Waals surface area (Å²) >= 11 is 0. The Hall–Kier alpha value is -1.56. The van der Waals surface area contributed by atoms with Gasteiger partial charge in [0.05, 0.1) is 0 Å². The summed E-state index contributed by atoms with van der Waals surface area (Å²) < 4.78 is 0. The van der Waals surface area contributed by atoms with Crippen molar-refractivity contribution in [2.45, 2.75) is 12.8 Å². The van der Waals surface area contributed by atoms with Crippen molar-refractivity contribution in [1.82, 2.24) is 0 Å². The van der Waals surface area contributed by atoms with Crippen molar-refractivity contribution in [3.63, 3.8) is 0 Å². The topological polar surface area (TPSA) is 0 Å². The zero-order valence-corrected chi connectivity index (χ0v) is 8.03. The highest BCUT2D eigenvalue weighted by atomic mass is 14.4. The molecule has 0 saturated heterocycles. The Morgan fingerprint density at radius 1 is 0.571 bits per heavy atom. The first-order valence-corrected chi connectivity index (χ1v) is 5.07. The van der Waals surface area contributed by atoms with Crippen LogP contribution in [0.25, 0.3) is 0 Å². The minimum atomic E-state index is 1.21. The highest BCUT2D eigenvalue weighted by molar-refractivity contribution is 5.67. The van der Waals surface area contributed by atoms with Gasteiger partial charge in [-0.2, -0.15) is 0 Å². The van der Waals surface area contributed by atoms with Gasteiger partial charge in [-0.1, -0.05) is 48.6 Å². The molecule has 0 heterocycles. The summed E-state index contributed by atoms with van der Waals surface area (Å²) in [6.07, 6.45) is 19.4. The van der Waals surface area contributed by atoms with Crippen molar-refractivity contribution in [2.24, 2.45) is 0 Å². The fourth-order valence-corrected chi connectivity index (χ4v) is 1.81. The van der Waals surface area contributed by atoms with Gasteiger partial charge in [-0.3, -0.25) is 0 Å². The SMILES string of the molecule is C1=C\C=C/C=C2/C/C2=C2\C\C2=C\C=C/1. The van der Waals surface area contributed by atoms with E-state index in [1.165, 1.54) is 24.0 Å². The van der Waals surface area contributed by atoms with E-state index in [0.717, 1.165) is 0 Å². The van der Waals surface area contributed by atoms with Crippen molar-refractivity contribution in [3.05, 3.63) is 70.9 Å². The predicted octanol–water partition coefficient (Wildman–Crippen LogP) is 3.63. The Bertz CT molecular complexity index is 406. The molecule has 2 fully saturated rings. The molecule has 0 aromatic rings. The van der Waals surface area contributed by atoms with Gasteiger partial charge in [0, 0.05) is 0 Å². The van der Waals surface area contributed by atoms with E-state index in [4.69, 9.17) is 0 Å². The van der Waals surface area contributed by atoms with Crippen molar-refractivity contribution >= 4 is 0 Å². The van der Waals surface area contributed by atoms with Crippen molar-refractivity contribution < 1.29 is 0 Å². The number of hydrogen-bond donors (Lipinski definition) is 0.